The highest BCUT2D eigenvalue weighted by molar-refractivity contribution is 7.99. The van der Waals surface area contributed by atoms with Crippen LogP contribution in [-0.2, 0) is 4.79 Å². The molecule has 1 rings (SSSR count). The Balaban J connectivity index is 2.42. The molecule has 0 unspecified atom stereocenters. The molecule has 0 bridgehead atoms. The lowest BCUT2D eigenvalue weighted by Gasteiger charge is -2.09. The van der Waals surface area contributed by atoms with Crippen LogP contribution in [-0.4, -0.2) is 29.1 Å². The SMILES string of the molecule is Cc1ccc(C)c(NC(=O)CSCCCO)c1. The largest absolute Gasteiger partial charge is 0.396 e. The van der Waals surface area contributed by atoms with Crippen molar-refractivity contribution < 1.29 is 9.90 Å². The molecule has 0 saturated carbocycles. The number of hydrogen-bond donors (Lipinski definition) is 2. The minimum Gasteiger partial charge on any atom is -0.396 e. The van der Waals surface area contributed by atoms with Crippen molar-refractivity contribution in [1.82, 2.24) is 0 Å². The third-order valence-electron chi connectivity index (χ3n) is 2.35. The molecule has 0 radical (unpaired) electrons. The van der Waals surface area contributed by atoms with Gasteiger partial charge in [-0.15, -0.1) is 0 Å². The molecule has 2 N–H and O–H groups in total. The van der Waals surface area contributed by atoms with Crippen LogP contribution in [0, 0.1) is 13.8 Å². The van der Waals surface area contributed by atoms with Crippen LogP contribution in [0.3, 0.4) is 0 Å². The molecule has 0 fully saturated rings. The standard InChI is InChI=1S/C13H19NO2S/c1-10-4-5-11(2)12(8-10)14-13(16)9-17-7-3-6-15/h4-5,8,15H,3,6-7,9H2,1-2H3,(H,14,16). The van der Waals surface area contributed by atoms with Gasteiger partial charge >= 0.3 is 0 Å². The monoisotopic (exact) mass is 253 g/mol. The first kappa shape index (κ1) is 14.1. The number of benzene rings is 1. The van der Waals surface area contributed by atoms with Crippen LogP contribution in [0.25, 0.3) is 0 Å². The van der Waals surface area contributed by atoms with Gasteiger partial charge in [0.25, 0.3) is 0 Å². The van der Waals surface area contributed by atoms with Crippen molar-refractivity contribution in [3.05, 3.63) is 29.3 Å². The van der Waals surface area contributed by atoms with E-state index < -0.39 is 0 Å². The first-order chi connectivity index (χ1) is 8.13. The zero-order valence-corrected chi connectivity index (χ0v) is 11.1. The van der Waals surface area contributed by atoms with Crippen LogP contribution in [0.4, 0.5) is 5.69 Å². The second kappa shape index (κ2) is 7.35. The van der Waals surface area contributed by atoms with Crippen molar-refractivity contribution in [2.24, 2.45) is 0 Å². The van der Waals surface area contributed by atoms with Gasteiger partial charge in [-0.2, -0.15) is 11.8 Å². The molecule has 0 atom stereocenters. The summed E-state index contributed by atoms with van der Waals surface area (Å²) < 4.78 is 0. The lowest BCUT2D eigenvalue weighted by Crippen LogP contribution is -2.15. The van der Waals surface area contributed by atoms with Crippen LogP contribution in [0.15, 0.2) is 18.2 Å². The predicted molar refractivity (Wildman–Crippen MR) is 73.6 cm³/mol. The fourth-order valence-electron chi connectivity index (χ4n) is 1.39. The van der Waals surface area contributed by atoms with E-state index in [1.54, 1.807) is 11.8 Å². The topological polar surface area (TPSA) is 49.3 Å². The smallest absolute Gasteiger partial charge is 0.234 e. The zero-order chi connectivity index (χ0) is 12.7. The Kier molecular flexibility index (Phi) is 6.08. The minimum absolute atomic E-state index is 0.0154. The van der Waals surface area contributed by atoms with Crippen molar-refractivity contribution in [2.45, 2.75) is 20.3 Å². The van der Waals surface area contributed by atoms with E-state index in [0.29, 0.717) is 5.75 Å². The van der Waals surface area contributed by atoms with E-state index in [9.17, 15) is 4.79 Å². The number of anilines is 1. The molecular weight excluding hydrogens is 234 g/mol. The number of aliphatic hydroxyl groups is 1. The number of amides is 1. The van der Waals surface area contributed by atoms with E-state index in [0.717, 1.165) is 29.0 Å². The first-order valence-corrected chi connectivity index (χ1v) is 6.84. The Hall–Kier alpha value is -1.00. The minimum atomic E-state index is 0.0154. The van der Waals surface area contributed by atoms with Crippen molar-refractivity contribution >= 4 is 23.4 Å². The van der Waals surface area contributed by atoms with Gasteiger partial charge in [0, 0.05) is 12.3 Å². The number of carbonyl (C=O) groups is 1. The summed E-state index contributed by atoms with van der Waals surface area (Å²) >= 11 is 1.54. The van der Waals surface area contributed by atoms with Gasteiger partial charge in [-0.05, 0) is 43.2 Å². The highest BCUT2D eigenvalue weighted by atomic mass is 32.2. The second-order valence-corrected chi connectivity index (χ2v) is 5.10. The summed E-state index contributed by atoms with van der Waals surface area (Å²) in [6.45, 7) is 4.17. The van der Waals surface area contributed by atoms with Gasteiger partial charge in [0.2, 0.25) is 5.91 Å². The van der Waals surface area contributed by atoms with E-state index in [2.05, 4.69) is 5.32 Å². The lowest BCUT2D eigenvalue weighted by atomic mass is 10.1. The summed E-state index contributed by atoms with van der Waals surface area (Å²) in [5.74, 6) is 1.27. The van der Waals surface area contributed by atoms with Gasteiger partial charge in [0.15, 0.2) is 0 Å². The Morgan fingerprint density at radius 1 is 1.41 bits per heavy atom. The first-order valence-electron chi connectivity index (χ1n) is 5.69. The van der Waals surface area contributed by atoms with E-state index in [4.69, 9.17) is 5.11 Å². The maximum atomic E-state index is 11.6. The predicted octanol–water partition coefficient (Wildman–Crippen LogP) is 2.36. The Morgan fingerprint density at radius 2 is 2.18 bits per heavy atom. The third-order valence-corrected chi connectivity index (χ3v) is 3.39. The molecule has 17 heavy (non-hydrogen) atoms. The summed E-state index contributed by atoms with van der Waals surface area (Å²) in [6.07, 6.45) is 0.738. The van der Waals surface area contributed by atoms with E-state index in [1.807, 2.05) is 32.0 Å². The summed E-state index contributed by atoms with van der Waals surface area (Å²) in [4.78, 5) is 11.6. The fourth-order valence-corrected chi connectivity index (χ4v) is 2.12. The van der Waals surface area contributed by atoms with E-state index in [1.165, 1.54) is 0 Å². The molecular formula is C13H19NO2S. The molecule has 0 spiro atoms. The average molecular weight is 253 g/mol. The number of thioether (sulfide) groups is 1. The molecule has 94 valence electrons. The Labute approximate surface area is 107 Å². The van der Waals surface area contributed by atoms with Crippen molar-refractivity contribution in [1.29, 1.82) is 0 Å². The third kappa shape index (κ3) is 5.24. The second-order valence-electron chi connectivity index (χ2n) is 4.00. The summed E-state index contributed by atoms with van der Waals surface area (Å²) in [7, 11) is 0. The molecule has 4 heteroatoms. The molecule has 1 aromatic carbocycles. The number of nitrogens with one attached hydrogen (secondary N) is 1. The van der Waals surface area contributed by atoms with Crippen LogP contribution in [0.1, 0.15) is 17.5 Å². The van der Waals surface area contributed by atoms with Gasteiger partial charge in [-0.3, -0.25) is 4.79 Å². The fraction of sp³-hybridized carbons (Fsp3) is 0.462. The van der Waals surface area contributed by atoms with E-state index in [-0.39, 0.29) is 12.5 Å². The molecule has 0 heterocycles. The number of rotatable bonds is 6. The quantitative estimate of drug-likeness (QED) is 0.765. The van der Waals surface area contributed by atoms with Gasteiger partial charge < -0.3 is 10.4 Å². The van der Waals surface area contributed by atoms with Crippen LogP contribution < -0.4 is 5.32 Å². The van der Waals surface area contributed by atoms with E-state index >= 15 is 0 Å². The van der Waals surface area contributed by atoms with Crippen LogP contribution in [0.5, 0.6) is 0 Å². The Morgan fingerprint density at radius 3 is 2.88 bits per heavy atom. The molecule has 0 aliphatic carbocycles. The van der Waals surface area contributed by atoms with Crippen LogP contribution >= 0.6 is 11.8 Å². The van der Waals surface area contributed by atoms with Crippen molar-refractivity contribution in [2.75, 3.05) is 23.4 Å². The van der Waals surface area contributed by atoms with Crippen molar-refractivity contribution in [3.8, 4) is 0 Å². The number of aliphatic hydroxyl groups excluding tert-OH is 1. The lowest BCUT2D eigenvalue weighted by molar-refractivity contribution is -0.113. The molecule has 0 aliphatic rings. The average Bonchev–Trinajstić information content (AvgIpc) is 2.29. The summed E-state index contributed by atoms with van der Waals surface area (Å²) in [6, 6.07) is 6.01. The number of hydrogen-bond acceptors (Lipinski definition) is 3. The van der Waals surface area contributed by atoms with Gasteiger partial charge in [-0.1, -0.05) is 12.1 Å². The van der Waals surface area contributed by atoms with Crippen LogP contribution in [0.2, 0.25) is 0 Å². The molecule has 0 aromatic heterocycles. The highest BCUT2D eigenvalue weighted by Gasteiger charge is 2.04. The van der Waals surface area contributed by atoms with Gasteiger partial charge in [0.1, 0.15) is 0 Å². The number of carbonyl (C=O) groups excluding carboxylic acids is 1. The zero-order valence-electron chi connectivity index (χ0n) is 10.3. The number of aryl methyl sites for hydroxylation is 2. The van der Waals surface area contributed by atoms with Gasteiger partial charge in [0.05, 0.1) is 5.75 Å². The maximum Gasteiger partial charge on any atom is 0.234 e. The normalized spacial score (nSPS) is 10.3. The summed E-state index contributed by atoms with van der Waals surface area (Å²) in [5.41, 5.74) is 3.10. The molecule has 1 aromatic rings. The van der Waals surface area contributed by atoms with Crippen molar-refractivity contribution in [3.63, 3.8) is 0 Å². The molecule has 1 amide bonds. The molecule has 3 nitrogen and oxygen atoms in total. The summed E-state index contributed by atoms with van der Waals surface area (Å²) in [5, 5.41) is 11.5. The molecule has 0 saturated heterocycles. The molecule has 0 aliphatic heterocycles. The van der Waals surface area contributed by atoms with Gasteiger partial charge in [-0.25, -0.2) is 0 Å². The Bertz CT molecular complexity index is 380. The highest BCUT2D eigenvalue weighted by Crippen LogP contribution is 2.16. The maximum absolute atomic E-state index is 11.6.